The molecule has 0 aliphatic carbocycles. The highest BCUT2D eigenvalue weighted by Gasteiger charge is 2.25. The second-order valence-electron chi connectivity index (χ2n) is 5.70. The van der Waals surface area contributed by atoms with Gasteiger partial charge in [0.1, 0.15) is 27.6 Å². The van der Waals surface area contributed by atoms with Gasteiger partial charge in [-0.2, -0.15) is 0 Å². The summed E-state index contributed by atoms with van der Waals surface area (Å²) in [5.74, 6) is -0.226. The van der Waals surface area contributed by atoms with Gasteiger partial charge in [-0.05, 0) is 17.7 Å². The maximum Gasteiger partial charge on any atom is 0.341 e. The molecule has 0 atom stereocenters. The summed E-state index contributed by atoms with van der Waals surface area (Å²) in [5.41, 5.74) is 2.10. The van der Waals surface area contributed by atoms with Crippen molar-refractivity contribution < 1.29 is 23.8 Å². The number of methoxy groups -OCH3 is 3. The summed E-state index contributed by atoms with van der Waals surface area (Å²) in [5, 5.41) is 5.01. The number of thiophene rings is 1. The Morgan fingerprint density at radius 1 is 0.857 bits per heavy atom. The average Bonchev–Trinajstić information content (AvgIpc) is 3.16. The SMILES string of the molecule is COC(=O)c1c(-c2ccccc2)csc1NC(=O)c1c(OC)cccc1OC. The number of nitrogens with one attached hydrogen (secondary N) is 1. The first-order valence-corrected chi connectivity index (χ1v) is 9.26. The molecule has 0 bridgehead atoms. The number of carbonyl (C=O) groups excluding carboxylic acids is 2. The number of ether oxygens (including phenoxy) is 3. The number of rotatable bonds is 6. The molecule has 1 N–H and O–H groups in total. The maximum atomic E-state index is 13.0. The molecule has 1 amide bonds. The van der Waals surface area contributed by atoms with Crippen molar-refractivity contribution in [1.82, 2.24) is 0 Å². The molecular formula is C21H19NO5S. The fourth-order valence-corrected chi connectivity index (χ4v) is 3.78. The zero-order valence-electron chi connectivity index (χ0n) is 15.6. The number of hydrogen-bond acceptors (Lipinski definition) is 6. The number of benzene rings is 2. The Bertz CT molecular complexity index is 975. The van der Waals surface area contributed by atoms with Crippen molar-refractivity contribution in [2.75, 3.05) is 26.6 Å². The van der Waals surface area contributed by atoms with Gasteiger partial charge in [-0.25, -0.2) is 4.79 Å². The Morgan fingerprint density at radius 3 is 2.07 bits per heavy atom. The molecule has 0 unspecified atom stereocenters. The Balaban J connectivity index is 2.03. The Labute approximate surface area is 166 Å². The zero-order valence-corrected chi connectivity index (χ0v) is 16.5. The van der Waals surface area contributed by atoms with Gasteiger partial charge in [0.15, 0.2) is 0 Å². The molecule has 0 saturated carbocycles. The predicted molar refractivity (Wildman–Crippen MR) is 109 cm³/mol. The zero-order chi connectivity index (χ0) is 20.1. The molecule has 0 saturated heterocycles. The van der Waals surface area contributed by atoms with Crippen LogP contribution < -0.4 is 14.8 Å². The maximum absolute atomic E-state index is 13.0. The summed E-state index contributed by atoms with van der Waals surface area (Å²) in [6, 6.07) is 14.5. The van der Waals surface area contributed by atoms with Crippen LogP contribution in [0.3, 0.4) is 0 Å². The normalized spacial score (nSPS) is 10.2. The van der Waals surface area contributed by atoms with Crippen LogP contribution in [-0.4, -0.2) is 33.2 Å². The van der Waals surface area contributed by atoms with Crippen molar-refractivity contribution in [1.29, 1.82) is 0 Å². The van der Waals surface area contributed by atoms with E-state index in [1.165, 1.54) is 32.7 Å². The molecule has 3 rings (SSSR count). The molecule has 0 spiro atoms. The van der Waals surface area contributed by atoms with E-state index in [-0.39, 0.29) is 5.56 Å². The molecule has 2 aromatic carbocycles. The smallest absolute Gasteiger partial charge is 0.341 e. The van der Waals surface area contributed by atoms with Crippen LogP contribution in [0.2, 0.25) is 0 Å². The highest BCUT2D eigenvalue weighted by molar-refractivity contribution is 7.15. The third-order valence-electron chi connectivity index (χ3n) is 4.15. The van der Waals surface area contributed by atoms with Crippen molar-refractivity contribution >= 4 is 28.2 Å². The minimum atomic E-state index is -0.526. The van der Waals surface area contributed by atoms with Gasteiger partial charge in [0.25, 0.3) is 5.91 Å². The van der Waals surface area contributed by atoms with E-state index in [4.69, 9.17) is 14.2 Å². The minimum Gasteiger partial charge on any atom is -0.496 e. The molecule has 0 aliphatic heterocycles. The van der Waals surface area contributed by atoms with E-state index in [9.17, 15) is 9.59 Å². The van der Waals surface area contributed by atoms with E-state index in [1.54, 1.807) is 18.2 Å². The largest absolute Gasteiger partial charge is 0.496 e. The van der Waals surface area contributed by atoms with Gasteiger partial charge >= 0.3 is 5.97 Å². The molecule has 6 nitrogen and oxygen atoms in total. The van der Waals surface area contributed by atoms with Gasteiger partial charge in [0.05, 0.1) is 21.3 Å². The number of anilines is 1. The van der Waals surface area contributed by atoms with Crippen LogP contribution in [0.5, 0.6) is 11.5 Å². The molecule has 3 aromatic rings. The number of amides is 1. The molecular weight excluding hydrogens is 378 g/mol. The topological polar surface area (TPSA) is 73.9 Å². The van der Waals surface area contributed by atoms with Crippen LogP contribution in [0, 0.1) is 0 Å². The van der Waals surface area contributed by atoms with E-state index in [0.29, 0.717) is 27.6 Å². The van der Waals surface area contributed by atoms with E-state index in [0.717, 1.165) is 5.56 Å². The highest BCUT2D eigenvalue weighted by Crippen LogP contribution is 2.37. The van der Waals surface area contributed by atoms with E-state index < -0.39 is 11.9 Å². The molecule has 1 aromatic heterocycles. The first kappa shape index (κ1) is 19.4. The van der Waals surface area contributed by atoms with Crippen LogP contribution >= 0.6 is 11.3 Å². The first-order chi connectivity index (χ1) is 13.6. The van der Waals surface area contributed by atoms with E-state index in [1.807, 2.05) is 35.7 Å². The van der Waals surface area contributed by atoms with Crippen molar-refractivity contribution in [3.05, 3.63) is 65.0 Å². The van der Waals surface area contributed by atoms with Gasteiger partial charge in [0, 0.05) is 10.9 Å². The van der Waals surface area contributed by atoms with Crippen LogP contribution in [-0.2, 0) is 4.74 Å². The average molecular weight is 397 g/mol. The molecule has 7 heteroatoms. The third-order valence-corrected chi connectivity index (χ3v) is 5.04. The summed E-state index contributed by atoms with van der Waals surface area (Å²) >= 11 is 1.25. The minimum absolute atomic E-state index is 0.248. The summed E-state index contributed by atoms with van der Waals surface area (Å²) in [6.45, 7) is 0. The van der Waals surface area contributed by atoms with Gasteiger partial charge in [-0.3, -0.25) is 4.79 Å². The van der Waals surface area contributed by atoms with Crippen LogP contribution in [0.4, 0.5) is 5.00 Å². The third kappa shape index (κ3) is 3.70. The standard InChI is InChI=1S/C21H19NO5S/c1-25-15-10-7-11-16(26-2)18(15)19(23)22-20-17(21(24)27-3)14(12-28-20)13-8-5-4-6-9-13/h4-12H,1-3H3,(H,22,23). The quantitative estimate of drug-likeness (QED) is 0.621. The van der Waals surface area contributed by atoms with Crippen molar-refractivity contribution in [3.8, 4) is 22.6 Å². The summed E-state index contributed by atoms with van der Waals surface area (Å²) in [6.07, 6.45) is 0. The predicted octanol–water partition coefficient (Wildman–Crippen LogP) is 4.47. The van der Waals surface area contributed by atoms with Crippen LogP contribution in [0.15, 0.2) is 53.9 Å². The first-order valence-electron chi connectivity index (χ1n) is 8.38. The summed E-state index contributed by atoms with van der Waals surface area (Å²) in [4.78, 5) is 25.4. The highest BCUT2D eigenvalue weighted by atomic mass is 32.1. The molecule has 28 heavy (non-hydrogen) atoms. The monoisotopic (exact) mass is 397 g/mol. The van der Waals surface area contributed by atoms with Crippen LogP contribution in [0.1, 0.15) is 20.7 Å². The lowest BCUT2D eigenvalue weighted by Gasteiger charge is -2.13. The Morgan fingerprint density at radius 2 is 1.50 bits per heavy atom. The van der Waals surface area contributed by atoms with Gasteiger partial charge in [-0.15, -0.1) is 11.3 Å². The summed E-state index contributed by atoms with van der Waals surface area (Å²) in [7, 11) is 4.26. The molecule has 0 fully saturated rings. The Hall–Kier alpha value is -3.32. The van der Waals surface area contributed by atoms with Gasteiger partial charge in [-0.1, -0.05) is 36.4 Å². The lowest BCUT2D eigenvalue weighted by Crippen LogP contribution is -2.16. The van der Waals surface area contributed by atoms with Crippen LogP contribution in [0.25, 0.3) is 11.1 Å². The van der Waals surface area contributed by atoms with Gasteiger partial charge in [0.2, 0.25) is 0 Å². The van der Waals surface area contributed by atoms with Crippen molar-refractivity contribution in [3.63, 3.8) is 0 Å². The summed E-state index contributed by atoms with van der Waals surface area (Å²) < 4.78 is 15.5. The number of esters is 1. The second kappa shape index (κ2) is 8.58. The lowest BCUT2D eigenvalue weighted by atomic mass is 10.0. The lowest BCUT2D eigenvalue weighted by molar-refractivity contribution is 0.0603. The number of carbonyl (C=O) groups is 2. The molecule has 1 heterocycles. The van der Waals surface area contributed by atoms with Gasteiger partial charge < -0.3 is 19.5 Å². The fourth-order valence-electron chi connectivity index (χ4n) is 2.83. The van der Waals surface area contributed by atoms with E-state index in [2.05, 4.69) is 5.32 Å². The second-order valence-corrected chi connectivity index (χ2v) is 6.58. The fraction of sp³-hybridized carbons (Fsp3) is 0.143. The van der Waals surface area contributed by atoms with Crippen molar-refractivity contribution in [2.24, 2.45) is 0 Å². The van der Waals surface area contributed by atoms with Crippen molar-refractivity contribution in [2.45, 2.75) is 0 Å². The molecule has 0 aliphatic rings. The van der Waals surface area contributed by atoms with E-state index >= 15 is 0 Å². The molecule has 0 radical (unpaired) electrons. The molecule has 144 valence electrons. The Kier molecular flexibility index (Phi) is 5.96. The number of hydrogen-bond donors (Lipinski definition) is 1.